The Morgan fingerprint density at radius 2 is 1.64 bits per heavy atom. The first-order valence-electron chi connectivity index (χ1n) is 8.60. The summed E-state index contributed by atoms with van der Waals surface area (Å²) >= 11 is 1.06. The molecule has 0 bridgehead atoms. The maximum Gasteiger partial charge on any atom is 0.349 e. The Morgan fingerprint density at radius 3 is 2.29 bits per heavy atom. The molecule has 1 aromatic heterocycles. The summed E-state index contributed by atoms with van der Waals surface area (Å²) in [5, 5.41) is 1.68. The summed E-state index contributed by atoms with van der Waals surface area (Å²) in [4.78, 5) is 12.2. The van der Waals surface area contributed by atoms with E-state index in [0.717, 1.165) is 33.6 Å². The third-order valence-electron chi connectivity index (χ3n) is 4.38. The van der Waals surface area contributed by atoms with Crippen molar-refractivity contribution in [3.05, 3.63) is 69.4 Å². The number of methoxy groups -OCH3 is 1. The highest BCUT2D eigenvalue weighted by atomic mass is 32.2. The highest BCUT2D eigenvalue weighted by molar-refractivity contribution is 7.93. The summed E-state index contributed by atoms with van der Waals surface area (Å²) < 4.78 is 34.1. The number of nitrogens with one attached hydrogen (secondary N) is 1. The van der Waals surface area contributed by atoms with Gasteiger partial charge in [0.25, 0.3) is 10.0 Å². The van der Waals surface area contributed by atoms with Gasteiger partial charge in [0.1, 0.15) is 9.77 Å². The molecule has 0 aliphatic heterocycles. The van der Waals surface area contributed by atoms with E-state index in [1.165, 1.54) is 7.11 Å². The monoisotopic (exact) mass is 415 g/mol. The molecule has 1 heterocycles. The number of benzene rings is 2. The number of rotatable bonds is 5. The summed E-state index contributed by atoms with van der Waals surface area (Å²) in [5.41, 5.74) is 4.46. The molecule has 0 aliphatic rings. The molecule has 0 aliphatic carbocycles. The molecule has 28 heavy (non-hydrogen) atoms. The predicted octanol–water partition coefficient (Wildman–Crippen LogP) is 4.93. The first-order valence-corrected chi connectivity index (χ1v) is 11.0. The number of sulfonamides is 1. The van der Waals surface area contributed by atoms with E-state index < -0.39 is 16.0 Å². The van der Waals surface area contributed by atoms with Crippen molar-refractivity contribution in [1.82, 2.24) is 0 Å². The summed E-state index contributed by atoms with van der Waals surface area (Å²) in [6.07, 6.45) is 0. The van der Waals surface area contributed by atoms with E-state index in [4.69, 9.17) is 4.74 Å². The molecule has 0 saturated heterocycles. The van der Waals surface area contributed by atoms with Gasteiger partial charge in [-0.3, -0.25) is 4.72 Å². The van der Waals surface area contributed by atoms with E-state index in [-0.39, 0.29) is 9.77 Å². The van der Waals surface area contributed by atoms with Gasteiger partial charge in [-0.2, -0.15) is 0 Å². The topological polar surface area (TPSA) is 72.5 Å². The lowest BCUT2D eigenvalue weighted by molar-refractivity contribution is 0.0602. The predicted molar refractivity (Wildman–Crippen MR) is 113 cm³/mol. The van der Waals surface area contributed by atoms with E-state index in [2.05, 4.69) is 4.72 Å². The zero-order chi connectivity index (χ0) is 20.5. The van der Waals surface area contributed by atoms with Crippen LogP contribution in [-0.2, 0) is 14.8 Å². The smallest absolute Gasteiger partial charge is 0.349 e. The van der Waals surface area contributed by atoms with E-state index >= 15 is 0 Å². The van der Waals surface area contributed by atoms with Crippen LogP contribution in [-0.4, -0.2) is 21.5 Å². The third-order valence-corrected chi connectivity index (χ3v) is 6.92. The molecule has 2 aromatic carbocycles. The molecule has 0 radical (unpaired) electrons. The molecule has 1 N–H and O–H groups in total. The summed E-state index contributed by atoms with van der Waals surface area (Å²) in [5.74, 6) is -0.676. The average molecular weight is 416 g/mol. The van der Waals surface area contributed by atoms with Gasteiger partial charge in [0.2, 0.25) is 0 Å². The quantitative estimate of drug-likeness (QED) is 0.600. The number of esters is 1. The van der Waals surface area contributed by atoms with E-state index in [0.29, 0.717) is 11.3 Å². The molecule has 3 rings (SSSR count). The van der Waals surface area contributed by atoms with Gasteiger partial charge < -0.3 is 4.74 Å². The number of anilines is 1. The van der Waals surface area contributed by atoms with Crippen LogP contribution >= 0.6 is 11.3 Å². The number of hydrogen-bond acceptors (Lipinski definition) is 5. The minimum Gasteiger partial charge on any atom is -0.465 e. The first kappa shape index (κ1) is 20.1. The fourth-order valence-corrected chi connectivity index (χ4v) is 5.66. The molecule has 0 amide bonds. The van der Waals surface area contributed by atoms with Gasteiger partial charge in [-0.25, -0.2) is 13.2 Å². The maximum absolute atomic E-state index is 13.3. The van der Waals surface area contributed by atoms with Crippen molar-refractivity contribution in [1.29, 1.82) is 0 Å². The zero-order valence-corrected chi connectivity index (χ0v) is 17.7. The Bertz CT molecular complexity index is 1130. The fraction of sp³-hybridized carbons (Fsp3) is 0.190. The van der Waals surface area contributed by atoms with Crippen LogP contribution in [0, 0.1) is 20.8 Å². The van der Waals surface area contributed by atoms with Gasteiger partial charge in [0.15, 0.2) is 0 Å². The lowest BCUT2D eigenvalue weighted by atomic mass is 10.1. The SMILES string of the molecule is COC(=O)c1scc(-c2ccc(C)cc2)c1S(=O)(=O)Nc1cc(C)ccc1C. The lowest BCUT2D eigenvalue weighted by Gasteiger charge is -2.13. The number of carbonyl (C=O) groups excluding carboxylic acids is 1. The van der Waals surface area contributed by atoms with E-state index in [9.17, 15) is 13.2 Å². The molecular weight excluding hydrogens is 394 g/mol. The minimum absolute atomic E-state index is 0.0517. The Kier molecular flexibility index (Phi) is 5.58. The molecule has 0 unspecified atom stereocenters. The molecule has 7 heteroatoms. The molecule has 0 saturated carbocycles. The largest absolute Gasteiger partial charge is 0.465 e. The van der Waals surface area contributed by atoms with Crippen molar-refractivity contribution in [2.45, 2.75) is 25.7 Å². The normalized spacial score (nSPS) is 11.3. The van der Waals surface area contributed by atoms with Crippen molar-refractivity contribution in [3.63, 3.8) is 0 Å². The molecule has 0 spiro atoms. The Morgan fingerprint density at radius 1 is 1.00 bits per heavy atom. The molecular formula is C21H21NO4S2. The van der Waals surface area contributed by atoms with E-state index in [1.54, 1.807) is 11.4 Å². The van der Waals surface area contributed by atoms with Gasteiger partial charge in [-0.1, -0.05) is 42.0 Å². The van der Waals surface area contributed by atoms with Crippen molar-refractivity contribution in [2.24, 2.45) is 0 Å². The summed E-state index contributed by atoms with van der Waals surface area (Å²) in [6.45, 7) is 5.67. The first-order chi connectivity index (χ1) is 13.2. The number of ether oxygens (including phenoxy) is 1. The minimum atomic E-state index is -4.02. The van der Waals surface area contributed by atoms with Gasteiger partial charge in [-0.15, -0.1) is 11.3 Å². The van der Waals surface area contributed by atoms with Crippen LogP contribution in [0.5, 0.6) is 0 Å². The van der Waals surface area contributed by atoms with Crippen molar-refractivity contribution < 1.29 is 17.9 Å². The molecule has 146 valence electrons. The molecule has 3 aromatic rings. The Hall–Kier alpha value is -2.64. The zero-order valence-electron chi connectivity index (χ0n) is 16.1. The molecule has 0 fully saturated rings. The summed E-state index contributed by atoms with van der Waals surface area (Å²) in [7, 11) is -2.79. The molecule has 0 atom stereocenters. The fourth-order valence-electron chi connectivity index (χ4n) is 2.82. The highest BCUT2D eigenvalue weighted by Crippen LogP contribution is 2.37. The number of thiophene rings is 1. The van der Waals surface area contributed by atoms with E-state index in [1.807, 2.05) is 57.2 Å². The second-order valence-electron chi connectivity index (χ2n) is 6.59. The van der Waals surface area contributed by atoms with Crippen molar-refractivity contribution >= 4 is 33.0 Å². The molecule has 5 nitrogen and oxygen atoms in total. The number of hydrogen-bond donors (Lipinski definition) is 1. The van der Waals surface area contributed by atoms with Crippen LogP contribution in [0.3, 0.4) is 0 Å². The second-order valence-corrected chi connectivity index (χ2v) is 9.09. The lowest BCUT2D eigenvalue weighted by Crippen LogP contribution is -2.17. The van der Waals surface area contributed by atoms with Crippen molar-refractivity contribution in [3.8, 4) is 11.1 Å². The van der Waals surface area contributed by atoms with Crippen LogP contribution < -0.4 is 4.72 Å². The highest BCUT2D eigenvalue weighted by Gasteiger charge is 2.30. The Labute approximate surface area is 169 Å². The van der Waals surface area contributed by atoms with Gasteiger partial charge in [0, 0.05) is 10.9 Å². The van der Waals surface area contributed by atoms with Gasteiger partial charge in [0.05, 0.1) is 12.8 Å². The summed E-state index contributed by atoms with van der Waals surface area (Å²) in [6, 6.07) is 13.0. The van der Waals surface area contributed by atoms with Crippen LogP contribution in [0.25, 0.3) is 11.1 Å². The Balaban J connectivity index is 2.17. The standard InChI is InChI=1S/C21H21NO4S2/c1-13-6-9-16(10-7-13)17-12-27-19(21(23)26-4)20(17)28(24,25)22-18-11-14(2)5-8-15(18)3/h5-12,22H,1-4H3. The van der Waals surface area contributed by atoms with Crippen molar-refractivity contribution in [2.75, 3.05) is 11.8 Å². The average Bonchev–Trinajstić information content (AvgIpc) is 3.10. The number of aryl methyl sites for hydroxylation is 3. The number of carbonyl (C=O) groups is 1. The second kappa shape index (κ2) is 7.77. The van der Waals surface area contributed by atoms with Crippen LogP contribution in [0.1, 0.15) is 26.4 Å². The van der Waals surface area contributed by atoms with Gasteiger partial charge in [-0.05, 0) is 43.5 Å². The third kappa shape index (κ3) is 3.95. The van der Waals surface area contributed by atoms with Crippen LogP contribution in [0.4, 0.5) is 5.69 Å². The van der Waals surface area contributed by atoms with Crippen LogP contribution in [0.2, 0.25) is 0 Å². The van der Waals surface area contributed by atoms with Crippen LogP contribution in [0.15, 0.2) is 52.7 Å². The van der Waals surface area contributed by atoms with Gasteiger partial charge >= 0.3 is 5.97 Å². The maximum atomic E-state index is 13.3.